The normalized spacial score (nSPS) is 10.5. The Hall–Kier alpha value is -4.14. The van der Waals surface area contributed by atoms with Crippen LogP contribution in [0, 0.1) is 0 Å². The first-order chi connectivity index (χ1) is 14.3. The number of nitrogens with zero attached hydrogens (tertiary/aromatic N) is 5. The number of benzene rings is 1. The molecule has 4 rings (SSSR count). The van der Waals surface area contributed by atoms with Gasteiger partial charge in [-0.05, 0) is 36.4 Å². The highest BCUT2D eigenvalue weighted by atomic mass is 16.1. The number of aromatic amines is 1. The molecule has 9 heteroatoms. The molecule has 1 aromatic carbocycles. The first-order valence-corrected chi connectivity index (χ1v) is 8.97. The van der Waals surface area contributed by atoms with Gasteiger partial charge in [-0.1, -0.05) is 6.07 Å². The number of carbonyl (C=O) groups excluding carboxylic acids is 1. The van der Waals surface area contributed by atoms with Crippen LogP contribution in [0.5, 0.6) is 0 Å². The summed E-state index contributed by atoms with van der Waals surface area (Å²) >= 11 is 0. The van der Waals surface area contributed by atoms with Crippen LogP contribution in [0.25, 0.3) is 11.4 Å². The van der Waals surface area contributed by atoms with Crippen molar-refractivity contribution in [2.24, 2.45) is 0 Å². The lowest BCUT2D eigenvalue weighted by Gasteiger charge is -2.08. The minimum Gasteiger partial charge on any atom is -0.378 e. The van der Waals surface area contributed by atoms with Gasteiger partial charge >= 0.3 is 0 Å². The maximum atomic E-state index is 12.4. The summed E-state index contributed by atoms with van der Waals surface area (Å²) in [6, 6.07) is 12.7. The van der Waals surface area contributed by atoms with E-state index in [4.69, 9.17) is 0 Å². The molecule has 0 spiro atoms. The van der Waals surface area contributed by atoms with Gasteiger partial charge < -0.3 is 15.6 Å². The van der Waals surface area contributed by atoms with Crippen LogP contribution >= 0.6 is 0 Å². The van der Waals surface area contributed by atoms with Gasteiger partial charge in [0.15, 0.2) is 5.82 Å². The minimum absolute atomic E-state index is 0.174. The van der Waals surface area contributed by atoms with Crippen molar-refractivity contribution in [1.29, 1.82) is 0 Å². The number of anilines is 1. The van der Waals surface area contributed by atoms with Gasteiger partial charge in [0, 0.05) is 35.4 Å². The highest BCUT2D eigenvalue weighted by molar-refractivity contribution is 5.95. The smallest absolute Gasteiger partial charge is 0.251 e. The summed E-state index contributed by atoms with van der Waals surface area (Å²) in [5.41, 5.74) is 3.03. The summed E-state index contributed by atoms with van der Waals surface area (Å²) in [4.78, 5) is 27.5. The fourth-order valence-electron chi connectivity index (χ4n) is 2.67. The third-order valence-corrected chi connectivity index (χ3v) is 4.15. The lowest BCUT2D eigenvalue weighted by atomic mass is 10.2. The summed E-state index contributed by atoms with van der Waals surface area (Å²) in [5, 5.41) is 14.4. The van der Waals surface area contributed by atoms with E-state index in [1.165, 1.54) is 6.33 Å². The highest BCUT2D eigenvalue weighted by Crippen LogP contribution is 2.14. The van der Waals surface area contributed by atoms with Gasteiger partial charge in [0.2, 0.25) is 0 Å². The Morgan fingerprint density at radius 1 is 0.966 bits per heavy atom. The fourth-order valence-corrected chi connectivity index (χ4v) is 2.67. The topological polar surface area (TPSA) is 121 Å². The molecule has 0 atom stereocenters. The Balaban J connectivity index is 1.35. The summed E-state index contributed by atoms with van der Waals surface area (Å²) in [5.74, 6) is 1.20. The van der Waals surface area contributed by atoms with Crippen molar-refractivity contribution < 1.29 is 4.79 Å². The number of amides is 1. The van der Waals surface area contributed by atoms with Crippen LogP contribution in [0.15, 0.2) is 67.4 Å². The zero-order chi connectivity index (χ0) is 19.9. The predicted molar refractivity (Wildman–Crippen MR) is 107 cm³/mol. The number of H-pyrrole nitrogens is 1. The molecule has 0 aliphatic heterocycles. The van der Waals surface area contributed by atoms with Crippen LogP contribution in [0.2, 0.25) is 0 Å². The van der Waals surface area contributed by atoms with E-state index in [0.717, 1.165) is 16.9 Å². The van der Waals surface area contributed by atoms with Gasteiger partial charge in [-0.15, -0.1) is 10.2 Å². The quantitative estimate of drug-likeness (QED) is 0.445. The van der Waals surface area contributed by atoms with Crippen molar-refractivity contribution in [3.8, 4) is 11.4 Å². The summed E-state index contributed by atoms with van der Waals surface area (Å²) < 4.78 is 0. The van der Waals surface area contributed by atoms with Crippen LogP contribution in [0.3, 0.4) is 0 Å². The molecule has 0 bridgehead atoms. The van der Waals surface area contributed by atoms with Gasteiger partial charge in [-0.2, -0.15) is 0 Å². The van der Waals surface area contributed by atoms with E-state index < -0.39 is 0 Å². The first-order valence-electron chi connectivity index (χ1n) is 8.97. The van der Waals surface area contributed by atoms with Crippen molar-refractivity contribution in [1.82, 2.24) is 35.5 Å². The van der Waals surface area contributed by atoms with Gasteiger partial charge in [-0.25, -0.2) is 9.97 Å². The molecule has 1 amide bonds. The SMILES string of the molecule is O=C(NCc1ccncn1)c1cccc(NCc2nnc(-c3ccncc3)[nH]2)c1. The van der Waals surface area contributed by atoms with E-state index in [9.17, 15) is 4.79 Å². The van der Waals surface area contributed by atoms with Gasteiger partial charge in [-0.3, -0.25) is 9.78 Å². The molecule has 0 radical (unpaired) electrons. The lowest BCUT2D eigenvalue weighted by Crippen LogP contribution is -2.23. The standard InChI is InChI=1S/C20H18N8O/c29-20(24-11-17-6-9-22-13-25-17)15-2-1-3-16(10-15)23-12-18-26-19(28-27-18)14-4-7-21-8-5-14/h1-10,13,23H,11-12H2,(H,24,29)(H,26,27,28). The van der Waals surface area contributed by atoms with Crippen LogP contribution in [-0.4, -0.2) is 36.0 Å². The Kier molecular flexibility index (Phi) is 5.47. The molecule has 0 saturated carbocycles. The highest BCUT2D eigenvalue weighted by Gasteiger charge is 2.08. The largest absolute Gasteiger partial charge is 0.378 e. The average Bonchev–Trinajstić information content (AvgIpc) is 3.27. The predicted octanol–water partition coefficient (Wildman–Crippen LogP) is 2.20. The molecule has 3 heterocycles. The zero-order valence-electron chi connectivity index (χ0n) is 15.4. The van der Waals surface area contributed by atoms with Crippen molar-refractivity contribution in [2.45, 2.75) is 13.1 Å². The molecule has 0 unspecified atom stereocenters. The number of hydrogen-bond donors (Lipinski definition) is 3. The van der Waals surface area contributed by atoms with Gasteiger partial charge in [0.1, 0.15) is 12.2 Å². The van der Waals surface area contributed by atoms with Gasteiger partial charge in [0.25, 0.3) is 5.91 Å². The van der Waals surface area contributed by atoms with E-state index in [-0.39, 0.29) is 5.91 Å². The molecule has 3 aromatic heterocycles. The zero-order valence-corrected chi connectivity index (χ0v) is 15.4. The molecular formula is C20H18N8O. The molecule has 0 fully saturated rings. The summed E-state index contributed by atoms with van der Waals surface area (Å²) in [6.07, 6.45) is 6.51. The Bertz CT molecular complexity index is 1080. The third kappa shape index (κ3) is 4.78. The van der Waals surface area contributed by atoms with Crippen LogP contribution in [-0.2, 0) is 13.1 Å². The number of aromatic nitrogens is 6. The monoisotopic (exact) mass is 386 g/mol. The second-order valence-corrected chi connectivity index (χ2v) is 6.17. The number of rotatable bonds is 7. The molecule has 0 aliphatic rings. The molecule has 144 valence electrons. The molecule has 0 saturated heterocycles. The first kappa shape index (κ1) is 18.2. The Labute approximate surface area is 166 Å². The van der Waals surface area contributed by atoms with E-state index in [0.29, 0.717) is 30.3 Å². The van der Waals surface area contributed by atoms with E-state index in [1.54, 1.807) is 36.8 Å². The second-order valence-electron chi connectivity index (χ2n) is 6.17. The third-order valence-electron chi connectivity index (χ3n) is 4.15. The number of pyridine rings is 1. The number of hydrogen-bond acceptors (Lipinski definition) is 7. The molecule has 9 nitrogen and oxygen atoms in total. The minimum atomic E-state index is -0.174. The molecule has 3 N–H and O–H groups in total. The lowest BCUT2D eigenvalue weighted by molar-refractivity contribution is 0.0950. The van der Waals surface area contributed by atoms with Crippen molar-refractivity contribution in [3.05, 3.63) is 84.5 Å². The van der Waals surface area contributed by atoms with Crippen molar-refractivity contribution in [3.63, 3.8) is 0 Å². The maximum absolute atomic E-state index is 12.4. The summed E-state index contributed by atoms with van der Waals surface area (Å²) in [7, 11) is 0. The van der Waals surface area contributed by atoms with Crippen LogP contribution in [0.4, 0.5) is 5.69 Å². The van der Waals surface area contributed by atoms with Crippen LogP contribution in [0.1, 0.15) is 21.9 Å². The van der Waals surface area contributed by atoms with E-state index in [1.807, 2.05) is 24.3 Å². The second kappa shape index (κ2) is 8.70. The number of carbonyl (C=O) groups is 1. The molecule has 0 aliphatic carbocycles. The Morgan fingerprint density at radius 3 is 2.66 bits per heavy atom. The van der Waals surface area contributed by atoms with E-state index in [2.05, 4.69) is 40.8 Å². The molecule has 29 heavy (non-hydrogen) atoms. The van der Waals surface area contributed by atoms with Crippen molar-refractivity contribution in [2.75, 3.05) is 5.32 Å². The summed E-state index contributed by atoms with van der Waals surface area (Å²) in [6.45, 7) is 0.791. The van der Waals surface area contributed by atoms with Gasteiger partial charge in [0.05, 0.1) is 18.8 Å². The van der Waals surface area contributed by atoms with Crippen molar-refractivity contribution >= 4 is 11.6 Å². The number of nitrogens with one attached hydrogen (secondary N) is 3. The Morgan fingerprint density at radius 2 is 1.83 bits per heavy atom. The van der Waals surface area contributed by atoms with Crippen LogP contribution < -0.4 is 10.6 Å². The molecule has 4 aromatic rings. The van der Waals surface area contributed by atoms with E-state index >= 15 is 0 Å². The maximum Gasteiger partial charge on any atom is 0.251 e. The fraction of sp³-hybridized carbons (Fsp3) is 0.100. The average molecular weight is 386 g/mol. The molecular weight excluding hydrogens is 368 g/mol.